The van der Waals surface area contributed by atoms with Gasteiger partial charge < -0.3 is 20.5 Å². The molecule has 0 bridgehead atoms. The van der Waals surface area contributed by atoms with Crippen LogP contribution in [0, 0.1) is 5.41 Å². The molecule has 0 heterocycles. The summed E-state index contributed by atoms with van der Waals surface area (Å²) < 4.78 is 5.43. The lowest BCUT2D eigenvalue weighted by atomic mass is 9.86. The van der Waals surface area contributed by atoms with Gasteiger partial charge in [-0.05, 0) is 34.6 Å². The van der Waals surface area contributed by atoms with Crippen molar-refractivity contribution < 1.29 is 24.2 Å². The van der Waals surface area contributed by atoms with Crippen LogP contribution >= 0.6 is 0 Å². The fourth-order valence-corrected chi connectivity index (χ4v) is 3.80. The third-order valence-corrected chi connectivity index (χ3v) is 5.47. The molecule has 0 aromatic heterocycles. The summed E-state index contributed by atoms with van der Waals surface area (Å²) in [6.45, 7) is 6.77. The lowest BCUT2D eigenvalue weighted by Gasteiger charge is -2.28. The monoisotopic (exact) mass is 424 g/mol. The van der Waals surface area contributed by atoms with Crippen molar-refractivity contribution in [3.8, 4) is 11.1 Å². The standard InChI is InChI=1S/C24H28N2O5/c1-14(21(27)26-20(22(28)29)24(2,3)4)25-23(30)31-13-19-17-11-7-5-9-15(17)16-10-6-8-12-18(16)19/h5-12,14,19-20H,13H2,1-4H3,(H,25,30)(H,26,27)(H,28,29)/t14-,20-/m1/s1. The molecule has 2 aromatic carbocycles. The van der Waals surface area contributed by atoms with E-state index in [9.17, 15) is 19.5 Å². The van der Waals surface area contributed by atoms with E-state index in [1.54, 1.807) is 20.8 Å². The van der Waals surface area contributed by atoms with Gasteiger partial charge in [-0.15, -0.1) is 0 Å². The van der Waals surface area contributed by atoms with Gasteiger partial charge in [-0.3, -0.25) is 4.79 Å². The molecule has 3 rings (SSSR count). The van der Waals surface area contributed by atoms with Crippen molar-refractivity contribution in [1.29, 1.82) is 0 Å². The maximum atomic E-state index is 12.4. The van der Waals surface area contributed by atoms with Crippen molar-refractivity contribution in [3.05, 3.63) is 59.7 Å². The minimum Gasteiger partial charge on any atom is -0.480 e. The number of amides is 2. The van der Waals surface area contributed by atoms with Crippen LogP contribution in [0.5, 0.6) is 0 Å². The fourth-order valence-electron chi connectivity index (χ4n) is 3.80. The van der Waals surface area contributed by atoms with Gasteiger partial charge in [0.2, 0.25) is 5.91 Å². The van der Waals surface area contributed by atoms with Gasteiger partial charge in [0.1, 0.15) is 18.7 Å². The zero-order valence-electron chi connectivity index (χ0n) is 18.1. The number of hydrogen-bond acceptors (Lipinski definition) is 4. The third kappa shape index (κ3) is 4.87. The van der Waals surface area contributed by atoms with Crippen molar-refractivity contribution in [2.24, 2.45) is 5.41 Å². The lowest BCUT2D eigenvalue weighted by molar-refractivity contribution is -0.145. The third-order valence-electron chi connectivity index (χ3n) is 5.47. The molecule has 31 heavy (non-hydrogen) atoms. The molecule has 0 saturated carbocycles. The van der Waals surface area contributed by atoms with Gasteiger partial charge in [0.25, 0.3) is 0 Å². The van der Waals surface area contributed by atoms with E-state index in [4.69, 9.17) is 4.74 Å². The Balaban J connectivity index is 1.60. The van der Waals surface area contributed by atoms with E-state index >= 15 is 0 Å². The van der Waals surface area contributed by atoms with E-state index in [0.29, 0.717) is 0 Å². The number of hydrogen-bond donors (Lipinski definition) is 3. The molecule has 3 N–H and O–H groups in total. The Morgan fingerprint density at radius 2 is 1.48 bits per heavy atom. The number of fused-ring (bicyclic) bond motifs is 3. The molecule has 0 aliphatic heterocycles. The number of carboxylic acid groups (broad SMARTS) is 1. The van der Waals surface area contributed by atoms with Crippen molar-refractivity contribution in [2.45, 2.75) is 45.7 Å². The number of carbonyl (C=O) groups is 3. The Hall–Kier alpha value is -3.35. The quantitative estimate of drug-likeness (QED) is 0.658. The van der Waals surface area contributed by atoms with Crippen LogP contribution in [0.15, 0.2) is 48.5 Å². The van der Waals surface area contributed by atoms with Crippen LogP contribution in [0.1, 0.15) is 44.7 Å². The van der Waals surface area contributed by atoms with Crippen LogP contribution in [0.2, 0.25) is 0 Å². The highest BCUT2D eigenvalue weighted by Crippen LogP contribution is 2.44. The van der Waals surface area contributed by atoms with Crippen LogP contribution in [0.25, 0.3) is 11.1 Å². The molecule has 1 aliphatic carbocycles. The number of aliphatic carboxylic acids is 1. The summed E-state index contributed by atoms with van der Waals surface area (Å²) in [6, 6.07) is 14.0. The van der Waals surface area contributed by atoms with Gasteiger partial charge in [0.15, 0.2) is 0 Å². The van der Waals surface area contributed by atoms with Crippen LogP contribution < -0.4 is 10.6 Å². The average molecular weight is 424 g/mol. The highest BCUT2D eigenvalue weighted by Gasteiger charge is 2.34. The van der Waals surface area contributed by atoms with Gasteiger partial charge in [0, 0.05) is 5.92 Å². The maximum absolute atomic E-state index is 12.4. The largest absolute Gasteiger partial charge is 0.480 e. The first-order chi connectivity index (χ1) is 14.6. The van der Waals surface area contributed by atoms with Crippen molar-refractivity contribution in [1.82, 2.24) is 10.6 Å². The number of alkyl carbamates (subject to hydrolysis) is 1. The van der Waals surface area contributed by atoms with E-state index in [0.717, 1.165) is 22.3 Å². The predicted octanol–water partition coefficient (Wildman–Crippen LogP) is 3.53. The predicted molar refractivity (Wildman–Crippen MR) is 117 cm³/mol. The Morgan fingerprint density at radius 3 is 1.97 bits per heavy atom. The van der Waals surface area contributed by atoms with Gasteiger partial charge in [-0.1, -0.05) is 69.3 Å². The highest BCUT2D eigenvalue weighted by molar-refractivity contribution is 5.89. The Morgan fingerprint density at radius 1 is 0.968 bits per heavy atom. The van der Waals surface area contributed by atoms with Crippen LogP contribution in [-0.4, -0.2) is 41.8 Å². The number of nitrogens with one attached hydrogen (secondary N) is 2. The zero-order chi connectivity index (χ0) is 22.8. The smallest absolute Gasteiger partial charge is 0.407 e. The first-order valence-corrected chi connectivity index (χ1v) is 10.2. The summed E-state index contributed by atoms with van der Waals surface area (Å²) in [5, 5.41) is 14.3. The topological polar surface area (TPSA) is 105 Å². The van der Waals surface area contributed by atoms with Crippen LogP contribution in [0.4, 0.5) is 4.79 Å². The van der Waals surface area contributed by atoms with Crippen molar-refractivity contribution in [2.75, 3.05) is 6.61 Å². The summed E-state index contributed by atoms with van der Waals surface area (Å²) in [4.78, 5) is 36.2. The Kier molecular flexibility index (Phi) is 6.34. The second kappa shape index (κ2) is 8.79. The average Bonchev–Trinajstić information content (AvgIpc) is 3.03. The minimum atomic E-state index is -1.13. The molecule has 7 heteroatoms. The summed E-state index contributed by atoms with van der Waals surface area (Å²) in [5.74, 6) is -1.80. The second-order valence-corrected chi connectivity index (χ2v) is 8.84. The molecule has 7 nitrogen and oxygen atoms in total. The summed E-state index contributed by atoms with van der Waals surface area (Å²) in [5.41, 5.74) is 3.77. The van der Waals surface area contributed by atoms with E-state index in [-0.39, 0.29) is 12.5 Å². The van der Waals surface area contributed by atoms with Gasteiger partial charge in [-0.25, -0.2) is 9.59 Å². The molecule has 0 radical (unpaired) electrons. The van der Waals surface area contributed by atoms with E-state index in [1.165, 1.54) is 6.92 Å². The van der Waals surface area contributed by atoms with Crippen molar-refractivity contribution in [3.63, 3.8) is 0 Å². The van der Waals surface area contributed by atoms with Crippen LogP contribution in [0.3, 0.4) is 0 Å². The molecule has 2 atom stereocenters. The van der Waals surface area contributed by atoms with Gasteiger partial charge in [0.05, 0.1) is 0 Å². The van der Waals surface area contributed by atoms with Crippen molar-refractivity contribution >= 4 is 18.0 Å². The van der Waals surface area contributed by atoms with Crippen LogP contribution in [-0.2, 0) is 14.3 Å². The molecular weight excluding hydrogens is 396 g/mol. The molecule has 2 amide bonds. The molecule has 0 spiro atoms. The molecule has 0 unspecified atom stereocenters. The molecule has 1 aliphatic rings. The maximum Gasteiger partial charge on any atom is 0.407 e. The van der Waals surface area contributed by atoms with Gasteiger partial charge >= 0.3 is 12.1 Å². The Bertz CT molecular complexity index is 950. The molecule has 164 valence electrons. The van der Waals surface area contributed by atoms with E-state index in [2.05, 4.69) is 22.8 Å². The first kappa shape index (κ1) is 22.3. The lowest BCUT2D eigenvalue weighted by Crippen LogP contribution is -2.54. The highest BCUT2D eigenvalue weighted by atomic mass is 16.5. The minimum absolute atomic E-state index is 0.0837. The summed E-state index contributed by atoms with van der Waals surface area (Å²) >= 11 is 0. The molecular formula is C24H28N2O5. The van der Waals surface area contributed by atoms with Gasteiger partial charge in [-0.2, -0.15) is 0 Å². The number of benzene rings is 2. The van der Waals surface area contributed by atoms with E-state index in [1.807, 2.05) is 36.4 Å². The number of ether oxygens (including phenoxy) is 1. The normalized spacial score (nSPS) is 14.7. The number of carbonyl (C=O) groups excluding carboxylic acids is 2. The summed E-state index contributed by atoms with van der Waals surface area (Å²) in [6.07, 6.45) is -0.729. The Labute approximate surface area is 181 Å². The SMILES string of the molecule is C[C@@H](NC(=O)OCC1c2ccccc2-c2ccccc21)C(=O)N[C@H](C(=O)O)C(C)(C)C. The second-order valence-electron chi connectivity index (χ2n) is 8.84. The zero-order valence-corrected chi connectivity index (χ0v) is 18.1. The number of rotatable bonds is 6. The fraction of sp³-hybridized carbons (Fsp3) is 0.375. The number of carboxylic acids is 1. The van der Waals surface area contributed by atoms with E-state index < -0.39 is 35.5 Å². The summed E-state index contributed by atoms with van der Waals surface area (Å²) in [7, 11) is 0. The molecule has 0 fully saturated rings. The molecule has 0 saturated heterocycles. The first-order valence-electron chi connectivity index (χ1n) is 10.2. The molecule has 2 aromatic rings.